The largest absolute Gasteiger partial charge is 0.481 e. The van der Waals surface area contributed by atoms with Crippen LogP contribution in [0.5, 0.6) is 0 Å². The molecular weight excluding hydrogens is 204 g/mol. The number of nitrogens with one attached hydrogen (secondary N) is 1. The minimum Gasteiger partial charge on any atom is -0.481 e. The lowest BCUT2D eigenvalue weighted by atomic mass is 10.5. The van der Waals surface area contributed by atoms with E-state index in [-0.39, 0.29) is 12.5 Å². The summed E-state index contributed by atoms with van der Waals surface area (Å²) in [5.41, 5.74) is 0. The van der Waals surface area contributed by atoms with E-state index in [2.05, 4.69) is 5.32 Å². The Bertz CT molecular complexity index is 223. The van der Waals surface area contributed by atoms with Crippen LogP contribution >= 0.6 is 11.8 Å². The van der Waals surface area contributed by atoms with Gasteiger partial charge in [-0.2, -0.15) is 11.8 Å². The molecule has 0 bridgehead atoms. The lowest BCUT2D eigenvalue weighted by Crippen LogP contribution is -2.30. The first kappa shape index (κ1) is 11.2. The third-order valence-electron chi connectivity index (χ3n) is 1.91. The molecule has 0 unspecified atom stereocenters. The van der Waals surface area contributed by atoms with Crippen LogP contribution in [0.15, 0.2) is 0 Å². The molecule has 0 aliphatic carbocycles. The van der Waals surface area contributed by atoms with Gasteiger partial charge in [-0.3, -0.25) is 4.79 Å². The molecular formula is C8H14N2O3S. The maximum Gasteiger partial charge on any atom is 0.317 e. The predicted molar refractivity (Wildman–Crippen MR) is 54.5 cm³/mol. The average molecular weight is 218 g/mol. The van der Waals surface area contributed by atoms with Crippen LogP contribution in [0.3, 0.4) is 0 Å². The fraction of sp³-hybridized carbons (Fsp3) is 0.750. The van der Waals surface area contributed by atoms with Crippen molar-refractivity contribution >= 4 is 23.8 Å². The Morgan fingerprint density at radius 3 is 2.93 bits per heavy atom. The summed E-state index contributed by atoms with van der Waals surface area (Å²) in [7, 11) is 0. The Kier molecular flexibility index (Phi) is 4.58. The van der Waals surface area contributed by atoms with E-state index < -0.39 is 5.97 Å². The van der Waals surface area contributed by atoms with E-state index >= 15 is 0 Å². The summed E-state index contributed by atoms with van der Waals surface area (Å²) in [4.78, 5) is 23.0. The van der Waals surface area contributed by atoms with Gasteiger partial charge in [0.25, 0.3) is 0 Å². The van der Waals surface area contributed by atoms with Gasteiger partial charge in [0.2, 0.25) is 0 Å². The second kappa shape index (κ2) is 5.74. The number of carbonyl (C=O) groups is 2. The van der Waals surface area contributed by atoms with Crippen molar-refractivity contribution in [2.75, 3.05) is 31.1 Å². The minimum atomic E-state index is -0.767. The number of rotatable bonds is 6. The Labute approximate surface area is 86.8 Å². The highest BCUT2D eigenvalue weighted by Crippen LogP contribution is 2.05. The van der Waals surface area contributed by atoms with Crippen molar-refractivity contribution in [3.05, 3.63) is 0 Å². The predicted octanol–water partition coefficient (Wildman–Crippen LogP) is 0.220. The summed E-state index contributed by atoms with van der Waals surface area (Å²) in [5.74, 6) is 0.655. The first-order valence-electron chi connectivity index (χ1n) is 4.52. The van der Waals surface area contributed by atoms with Crippen molar-refractivity contribution in [3.8, 4) is 0 Å². The Hall–Kier alpha value is -0.910. The molecule has 0 aromatic heterocycles. The van der Waals surface area contributed by atoms with Gasteiger partial charge in [0, 0.05) is 31.1 Å². The number of amides is 2. The van der Waals surface area contributed by atoms with Crippen LogP contribution < -0.4 is 5.32 Å². The molecule has 14 heavy (non-hydrogen) atoms. The number of urea groups is 1. The SMILES string of the molecule is O=C(O)CCSCCN1CCNC1=O. The molecule has 0 saturated carbocycles. The molecule has 1 aliphatic heterocycles. The molecule has 0 aromatic carbocycles. The molecule has 0 spiro atoms. The molecule has 0 aromatic rings. The van der Waals surface area contributed by atoms with Gasteiger partial charge in [0.15, 0.2) is 0 Å². The first-order valence-corrected chi connectivity index (χ1v) is 5.68. The average Bonchev–Trinajstić information content (AvgIpc) is 2.51. The normalized spacial score (nSPS) is 15.7. The van der Waals surface area contributed by atoms with Gasteiger partial charge < -0.3 is 15.3 Å². The number of thioether (sulfide) groups is 1. The van der Waals surface area contributed by atoms with Gasteiger partial charge in [0.05, 0.1) is 6.42 Å². The zero-order chi connectivity index (χ0) is 10.4. The molecule has 80 valence electrons. The fourth-order valence-electron chi connectivity index (χ4n) is 1.16. The van der Waals surface area contributed by atoms with E-state index in [1.54, 1.807) is 16.7 Å². The van der Waals surface area contributed by atoms with Crippen LogP contribution in [-0.4, -0.2) is 53.1 Å². The number of carboxylic acids is 1. The second-order valence-electron chi connectivity index (χ2n) is 2.98. The van der Waals surface area contributed by atoms with E-state index in [0.717, 1.165) is 18.8 Å². The van der Waals surface area contributed by atoms with Gasteiger partial charge in [0.1, 0.15) is 0 Å². The molecule has 1 fully saturated rings. The van der Waals surface area contributed by atoms with Gasteiger partial charge in [-0.05, 0) is 0 Å². The molecule has 0 atom stereocenters. The summed E-state index contributed by atoms with van der Waals surface area (Å²) in [6, 6.07) is -0.0103. The minimum absolute atomic E-state index is 0.0103. The number of nitrogens with zero attached hydrogens (tertiary/aromatic N) is 1. The van der Waals surface area contributed by atoms with Crippen LogP contribution in [0.4, 0.5) is 4.79 Å². The van der Waals surface area contributed by atoms with E-state index in [0.29, 0.717) is 12.3 Å². The zero-order valence-corrected chi connectivity index (χ0v) is 8.68. The van der Waals surface area contributed by atoms with Crippen molar-refractivity contribution in [2.24, 2.45) is 0 Å². The Balaban J connectivity index is 1.98. The van der Waals surface area contributed by atoms with Crippen LogP contribution in [0, 0.1) is 0 Å². The molecule has 0 radical (unpaired) electrons. The highest BCUT2D eigenvalue weighted by molar-refractivity contribution is 7.99. The fourth-order valence-corrected chi connectivity index (χ4v) is 2.03. The number of aliphatic carboxylic acids is 1. The van der Waals surface area contributed by atoms with Gasteiger partial charge >= 0.3 is 12.0 Å². The molecule has 6 heteroatoms. The van der Waals surface area contributed by atoms with Crippen LogP contribution in [0.1, 0.15) is 6.42 Å². The maximum atomic E-state index is 11.1. The van der Waals surface area contributed by atoms with Crippen LogP contribution in [0.25, 0.3) is 0 Å². The molecule has 5 nitrogen and oxygen atoms in total. The maximum absolute atomic E-state index is 11.1. The molecule has 2 amide bonds. The molecule has 1 aliphatic rings. The van der Waals surface area contributed by atoms with Gasteiger partial charge in [-0.15, -0.1) is 0 Å². The first-order chi connectivity index (χ1) is 6.70. The zero-order valence-electron chi connectivity index (χ0n) is 7.86. The monoisotopic (exact) mass is 218 g/mol. The van der Waals surface area contributed by atoms with E-state index in [1.165, 1.54) is 0 Å². The molecule has 1 heterocycles. The second-order valence-corrected chi connectivity index (χ2v) is 4.20. The topological polar surface area (TPSA) is 69.6 Å². The van der Waals surface area contributed by atoms with Crippen LogP contribution in [-0.2, 0) is 4.79 Å². The number of hydrogen-bond acceptors (Lipinski definition) is 3. The Morgan fingerprint density at radius 1 is 1.57 bits per heavy atom. The quantitative estimate of drug-likeness (QED) is 0.626. The van der Waals surface area contributed by atoms with Crippen molar-refractivity contribution in [1.82, 2.24) is 10.2 Å². The third kappa shape index (κ3) is 3.87. The van der Waals surface area contributed by atoms with Crippen molar-refractivity contribution in [1.29, 1.82) is 0 Å². The lowest BCUT2D eigenvalue weighted by molar-refractivity contribution is -0.136. The standard InChI is InChI=1S/C8H14N2O3S/c11-7(12)1-5-14-6-4-10-3-2-9-8(10)13/h1-6H2,(H,9,13)(H,11,12). The summed E-state index contributed by atoms with van der Waals surface area (Å²) >= 11 is 1.57. The number of carboxylic acid groups (broad SMARTS) is 1. The number of carbonyl (C=O) groups excluding carboxylic acids is 1. The summed E-state index contributed by atoms with van der Waals surface area (Å²) in [6.07, 6.45) is 0.191. The summed E-state index contributed by atoms with van der Waals surface area (Å²) in [6.45, 7) is 2.19. The lowest BCUT2D eigenvalue weighted by Gasteiger charge is -2.12. The Morgan fingerprint density at radius 2 is 2.36 bits per heavy atom. The van der Waals surface area contributed by atoms with Crippen molar-refractivity contribution in [2.45, 2.75) is 6.42 Å². The van der Waals surface area contributed by atoms with E-state index in [1.807, 2.05) is 0 Å². The smallest absolute Gasteiger partial charge is 0.317 e. The van der Waals surface area contributed by atoms with Crippen molar-refractivity contribution in [3.63, 3.8) is 0 Å². The van der Waals surface area contributed by atoms with Crippen molar-refractivity contribution < 1.29 is 14.7 Å². The van der Waals surface area contributed by atoms with Gasteiger partial charge in [-0.25, -0.2) is 4.79 Å². The number of hydrogen-bond donors (Lipinski definition) is 2. The summed E-state index contributed by atoms with van der Waals surface area (Å²) < 4.78 is 0. The molecule has 1 rings (SSSR count). The van der Waals surface area contributed by atoms with Crippen LogP contribution in [0.2, 0.25) is 0 Å². The molecule has 1 saturated heterocycles. The summed E-state index contributed by atoms with van der Waals surface area (Å²) in [5, 5.41) is 11.1. The van der Waals surface area contributed by atoms with E-state index in [9.17, 15) is 9.59 Å². The highest BCUT2D eigenvalue weighted by Gasteiger charge is 2.18. The van der Waals surface area contributed by atoms with E-state index in [4.69, 9.17) is 5.11 Å². The third-order valence-corrected chi connectivity index (χ3v) is 2.88. The van der Waals surface area contributed by atoms with Gasteiger partial charge in [-0.1, -0.05) is 0 Å². The highest BCUT2D eigenvalue weighted by atomic mass is 32.2. The molecule has 2 N–H and O–H groups in total.